The van der Waals surface area contributed by atoms with Gasteiger partial charge in [-0.3, -0.25) is 14.2 Å². The molecule has 1 saturated carbocycles. The number of carbonyl (C=O) groups is 1. The van der Waals surface area contributed by atoms with Gasteiger partial charge in [0, 0.05) is 93.4 Å². The third-order valence-electron chi connectivity index (χ3n) is 11.4. The molecule has 5 aliphatic rings. The topological polar surface area (TPSA) is 74.5 Å². The number of amides is 1. The fourth-order valence-corrected chi connectivity index (χ4v) is 8.91. The molecule has 1 amide bonds. The number of carbonyl (C=O) groups excluding carboxylic acids is 1. The summed E-state index contributed by atoms with van der Waals surface area (Å²) in [6.07, 6.45) is 9.42. The standard InChI is InChI=1S/C34H44F2N8O/c1-22(45)42-13-7-30-29(20-42)33(39-44(30)25-5-11-41(12-6-25)26-16-34(17-26)8-9-37-21-34)43-10-3-4-23-14-27(24-18-38-40(2)19-24)28(32(35)36)15-31(23)43/h14-15,18-19,25-26,32,37H,3-13,16-17,20-21H2,1-2H3. The van der Waals surface area contributed by atoms with Crippen LogP contribution >= 0.6 is 0 Å². The highest BCUT2D eigenvalue weighted by Gasteiger charge is 2.48. The lowest BCUT2D eigenvalue weighted by Gasteiger charge is -2.51. The van der Waals surface area contributed by atoms with E-state index in [9.17, 15) is 13.6 Å². The van der Waals surface area contributed by atoms with Gasteiger partial charge in [-0.25, -0.2) is 8.78 Å². The maximum atomic E-state index is 14.6. The molecule has 3 fully saturated rings. The Morgan fingerprint density at radius 3 is 2.60 bits per heavy atom. The van der Waals surface area contributed by atoms with E-state index in [2.05, 4.69) is 24.9 Å². The number of halogens is 2. The van der Waals surface area contributed by atoms with Gasteiger partial charge in [-0.2, -0.15) is 10.2 Å². The molecule has 3 aromatic rings. The smallest absolute Gasteiger partial charge is 0.264 e. The molecule has 8 rings (SSSR count). The van der Waals surface area contributed by atoms with Gasteiger partial charge in [0.15, 0.2) is 5.82 Å². The zero-order valence-corrected chi connectivity index (χ0v) is 26.4. The first-order chi connectivity index (χ1) is 21.8. The van der Waals surface area contributed by atoms with Crippen molar-refractivity contribution in [2.45, 2.75) is 83.3 Å². The van der Waals surface area contributed by atoms with Gasteiger partial charge < -0.3 is 20.0 Å². The van der Waals surface area contributed by atoms with Crippen molar-refractivity contribution in [1.82, 2.24) is 34.7 Å². The maximum Gasteiger partial charge on any atom is 0.264 e. The van der Waals surface area contributed by atoms with E-state index in [0.717, 1.165) is 67.8 Å². The van der Waals surface area contributed by atoms with E-state index in [0.29, 0.717) is 48.3 Å². The third kappa shape index (κ3) is 5.06. The van der Waals surface area contributed by atoms with Gasteiger partial charge in [0.1, 0.15) is 0 Å². The number of aryl methyl sites for hydroxylation is 2. The normalized spacial score (nSPS) is 25.6. The first-order valence-electron chi connectivity index (χ1n) is 16.8. The van der Waals surface area contributed by atoms with Gasteiger partial charge in [0.05, 0.1) is 18.8 Å². The van der Waals surface area contributed by atoms with Crippen molar-refractivity contribution in [2.24, 2.45) is 12.5 Å². The number of nitrogens with one attached hydrogen (secondary N) is 1. The Balaban J connectivity index is 1.11. The van der Waals surface area contributed by atoms with E-state index >= 15 is 0 Å². The molecule has 0 radical (unpaired) electrons. The lowest BCUT2D eigenvalue weighted by atomic mass is 9.64. The Morgan fingerprint density at radius 1 is 1.09 bits per heavy atom. The van der Waals surface area contributed by atoms with Crippen molar-refractivity contribution in [1.29, 1.82) is 0 Å². The van der Waals surface area contributed by atoms with E-state index in [1.54, 1.807) is 37.1 Å². The summed E-state index contributed by atoms with van der Waals surface area (Å²) < 4.78 is 33.1. The van der Waals surface area contributed by atoms with Crippen molar-refractivity contribution in [3.63, 3.8) is 0 Å². The van der Waals surface area contributed by atoms with E-state index < -0.39 is 6.43 Å². The first-order valence-corrected chi connectivity index (χ1v) is 16.8. The monoisotopic (exact) mass is 618 g/mol. The maximum absolute atomic E-state index is 14.6. The van der Waals surface area contributed by atoms with Crippen LogP contribution in [0.5, 0.6) is 0 Å². The summed E-state index contributed by atoms with van der Waals surface area (Å²) in [4.78, 5) is 19.3. The van der Waals surface area contributed by atoms with Crippen molar-refractivity contribution >= 4 is 17.4 Å². The van der Waals surface area contributed by atoms with Gasteiger partial charge in [-0.1, -0.05) is 0 Å². The van der Waals surface area contributed by atoms with Crippen LogP contribution in [0.4, 0.5) is 20.3 Å². The van der Waals surface area contributed by atoms with Crippen LogP contribution in [0.25, 0.3) is 11.1 Å². The molecule has 4 aliphatic heterocycles. The summed E-state index contributed by atoms with van der Waals surface area (Å²) in [5.74, 6) is 0.895. The number of rotatable bonds is 5. The molecule has 240 valence electrons. The van der Waals surface area contributed by atoms with Crippen LogP contribution in [0.2, 0.25) is 0 Å². The lowest BCUT2D eigenvalue weighted by molar-refractivity contribution is -0.129. The molecule has 0 unspecified atom stereocenters. The second-order valence-electron chi connectivity index (χ2n) is 14.2. The zero-order valence-electron chi connectivity index (χ0n) is 26.4. The molecule has 1 aliphatic carbocycles. The fraction of sp³-hybridized carbons (Fsp3) is 0.618. The second-order valence-corrected chi connectivity index (χ2v) is 14.2. The minimum Gasteiger partial charge on any atom is -0.338 e. The first kappa shape index (κ1) is 29.1. The van der Waals surface area contributed by atoms with Gasteiger partial charge in [0.2, 0.25) is 5.91 Å². The van der Waals surface area contributed by atoms with Crippen molar-refractivity contribution in [3.8, 4) is 11.1 Å². The average Bonchev–Trinajstić information content (AvgIpc) is 3.78. The number of fused-ring (bicyclic) bond motifs is 2. The molecule has 2 saturated heterocycles. The van der Waals surface area contributed by atoms with Crippen molar-refractivity contribution < 1.29 is 13.6 Å². The molecule has 0 atom stereocenters. The largest absolute Gasteiger partial charge is 0.338 e. The molecule has 1 aromatic carbocycles. The number of aromatic nitrogens is 4. The molecule has 9 nitrogen and oxygen atoms in total. The summed E-state index contributed by atoms with van der Waals surface area (Å²) in [7, 11) is 1.80. The molecular formula is C34H44F2N8O. The zero-order chi connectivity index (χ0) is 30.9. The molecule has 11 heteroatoms. The van der Waals surface area contributed by atoms with Crippen LogP contribution in [0.1, 0.15) is 80.3 Å². The SMILES string of the molecule is CC(=O)N1CCc2c(c(N3CCCc4cc(-c5cnn(C)c5)c(C(F)F)cc43)nn2C2CCN(C3CC4(CCNC4)C3)CC2)C1. The van der Waals surface area contributed by atoms with Crippen molar-refractivity contribution in [2.75, 3.05) is 44.2 Å². The summed E-state index contributed by atoms with van der Waals surface area (Å²) in [5, 5.41) is 13.1. The van der Waals surface area contributed by atoms with Crippen LogP contribution in [0, 0.1) is 5.41 Å². The number of benzene rings is 1. The van der Waals surface area contributed by atoms with Crippen molar-refractivity contribution in [3.05, 3.63) is 46.9 Å². The number of alkyl halides is 2. The number of anilines is 2. The van der Waals surface area contributed by atoms with Gasteiger partial charge in [0.25, 0.3) is 6.43 Å². The van der Waals surface area contributed by atoms with Crippen LogP contribution < -0.4 is 10.2 Å². The third-order valence-corrected chi connectivity index (χ3v) is 11.4. The van der Waals surface area contributed by atoms with Gasteiger partial charge >= 0.3 is 0 Å². The molecule has 45 heavy (non-hydrogen) atoms. The molecular weight excluding hydrogens is 574 g/mol. The fourth-order valence-electron chi connectivity index (χ4n) is 8.91. The molecule has 1 spiro atoms. The van der Waals surface area contributed by atoms with Gasteiger partial charge in [-0.15, -0.1) is 0 Å². The summed E-state index contributed by atoms with van der Waals surface area (Å²) in [6, 6.07) is 4.64. The van der Waals surface area contributed by atoms with Crippen LogP contribution in [-0.2, 0) is 31.2 Å². The Bertz CT molecular complexity index is 1590. The molecule has 0 bridgehead atoms. The second kappa shape index (κ2) is 11.2. The van der Waals surface area contributed by atoms with Crippen LogP contribution in [-0.4, -0.2) is 80.6 Å². The predicted octanol–water partition coefficient (Wildman–Crippen LogP) is 4.99. The van der Waals surface area contributed by atoms with Gasteiger partial charge in [-0.05, 0) is 80.2 Å². The molecule has 2 aromatic heterocycles. The number of piperidine rings is 1. The Labute approximate surface area is 263 Å². The highest BCUT2D eigenvalue weighted by atomic mass is 19.3. The molecule has 6 heterocycles. The summed E-state index contributed by atoms with van der Waals surface area (Å²) >= 11 is 0. The number of hydrogen-bond donors (Lipinski definition) is 1. The average molecular weight is 619 g/mol. The van der Waals surface area contributed by atoms with Crippen LogP contribution in [0.15, 0.2) is 24.5 Å². The highest BCUT2D eigenvalue weighted by Crippen LogP contribution is 2.49. The Morgan fingerprint density at radius 2 is 1.91 bits per heavy atom. The Kier molecular flexibility index (Phi) is 7.24. The minimum absolute atomic E-state index is 0.0193. The van der Waals surface area contributed by atoms with E-state index in [1.165, 1.54) is 38.0 Å². The number of nitrogens with zero attached hydrogens (tertiary/aromatic N) is 7. The molecule has 1 N–H and O–H groups in total. The van der Waals surface area contributed by atoms with E-state index in [-0.39, 0.29) is 11.5 Å². The number of likely N-dealkylation sites (tertiary alicyclic amines) is 1. The summed E-state index contributed by atoms with van der Waals surface area (Å²) in [6.45, 7) is 8.06. The summed E-state index contributed by atoms with van der Waals surface area (Å²) in [5.41, 5.74) is 5.98. The minimum atomic E-state index is -2.62. The predicted molar refractivity (Wildman–Crippen MR) is 169 cm³/mol. The Hall–Kier alpha value is -3.31. The lowest BCUT2D eigenvalue weighted by Crippen LogP contribution is -2.54. The highest BCUT2D eigenvalue weighted by molar-refractivity contribution is 5.78. The quantitative estimate of drug-likeness (QED) is 0.435. The van der Waals surface area contributed by atoms with Crippen LogP contribution in [0.3, 0.4) is 0 Å². The van der Waals surface area contributed by atoms with E-state index in [1.807, 2.05) is 11.0 Å². The van der Waals surface area contributed by atoms with E-state index in [4.69, 9.17) is 5.10 Å². The number of hydrogen-bond acceptors (Lipinski definition) is 6.